The van der Waals surface area contributed by atoms with E-state index in [0.29, 0.717) is 0 Å². The first kappa shape index (κ1) is 39.4. The van der Waals surface area contributed by atoms with E-state index in [2.05, 4.69) is 228 Å². The molecule has 0 unspecified atom stereocenters. The summed E-state index contributed by atoms with van der Waals surface area (Å²) in [4.78, 5) is 5.04. The minimum absolute atomic E-state index is 0.157. The fourth-order valence-electron chi connectivity index (χ4n) is 12.5. The molecule has 0 N–H and O–H groups in total. The van der Waals surface area contributed by atoms with Gasteiger partial charge in [0.15, 0.2) is 0 Å². The topological polar surface area (TPSA) is 45.9 Å². The number of hydrogen-bond donors (Lipinski definition) is 0. The minimum Gasteiger partial charge on any atom is -0.456 e. The highest BCUT2D eigenvalue weighted by molar-refractivity contribution is 7.26. The molecule has 6 heterocycles. The van der Waals surface area contributed by atoms with Crippen molar-refractivity contribution >= 4 is 155 Å². The van der Waals surface area contributed by atoms with Crippen LogP contribution in [0, 0.1) is 0 Å². The normalized spacial score (nSPS) is 13.1. The van der Waals surface area contributed by atoms with Gasteiger partial charge in [-0.15, -0.1) is 11.3 Å². The lowest BCUT2D eigenvalue weighted by molar-refractivity contribution is 0.668. The van der Waals surface area contributed by atoms with E-state index in [0.717, 1.165) is 122 Å². The van der Waals surface area contributed by atoms with Crippen LogP contribution < -0.4 is 26.2 Å². The summed E-state index contributed by atoms with van der Waals surface area (Å²) in [5, 5.41) is 9.10. The van der Waals surface area contributed by atoms with Crippen LogP contribution >= 0.6 is 11.3 Å². The number of anilines is 6. The van der Waals surface area contributed by atoms with E-state index < -0.39 is 0 Å². The van der Waals surface area contributed by atoms with Gasteiger partial charge in [-0.1, -0.05) is 152 Å². The highest BCUT2D eigenvalue weighted by atomic mass is 32.1. The molecule has 0 bridgehead atoms. The number of nitrogens with zero attached hydrogens (tertiary/aromatic N) is 2. The van der Waals surface area contributed by atoms with Gasteiger partial charge in [-0.25, -0.2) is 0 Å². The lowest BCUT2D eigenvalue weighted by Gasteiger charge is -2.44. The van der Waals surface area contributed by atoms with Gasteiger partial charge in [0.1, 0.15) is 33.5 Å². The van der Waals surface area contributed by atoms with Crippen molar-refractivity contribution in [2.24, 2.45) is 0 Å². The maximum atomic E-state index is 6.81. The summed E-state index contributed by atoms with van der Waals surface area (Å²) >= 11 is 1.86. The first-order chi connectivity index (χ1) is 36.2. The number of thiophene rings is 1. The van der Waals surface area contributed by atoms with Crippen LogP contribution in [-0.2, 0) is 0 Å². The summed E-state index contributed by atoms with van der Waals surface area (Å²) in [5.41, 5.74) is 19.8. The average Bonchev–Trinajstić information content (AvgIpc) is 4.24. The number of hydrogen-bond acceptors (Lipinski definition) is 6. The Labute approximate surface area is 422 Å². The Balaban J connectivity index is 1.03. The van der Waals surface area contributed by atoms with Gasteiger partial charge in [0.2, 0.25) is 0 Å². The number of benzene rings is 11. The molecule has 15 aromatic rings. The van der Waals surface area contributed by atoms with E-state index in [4.69, 9.17) is 13.3 Å². The molecule has 0 amide bonds. The third-order valence-electron chi connectivity index (χ3n) is 15.6. The highest BCUT2D eigenvalue weighted by Crippen LogP contribution is 2.52. The van der Waals surface area contributed by atoms with Crippen LogP contribution in [0.2, 0.25) is 0 Å². The van der Waals surface area contributed by atoms with Gasteiger partial charge in [0.05, 0.1) is 11.4 Å². The first-order valence-electron chi connectivity index (χ1n) is 24.8. The SMILES string of the molecule is c1ccc(-c2cc3c(cc2N2c4cc5oc6ccccc6c5cc4B4c5cc6c(cc5N(c5cc7oc8ccccc8c7cc5-c5ccccc5)c5cccc2c54)sc2ccccc26)oc2ccccc23)cc1. The Hall–Kier alpha value is -9.30. The van der Waals surface area contributed by atoms with E-state index in [1.54, 1.807) is 0 Å². The quantitative estimate of drug-likeness (QED) is 0.165. The smallest absolute Gasteiger partial charge is 0.252 e. The fraction of sp³-hybridized carbons (Fsp3) is 0. The lowest BCUT2D eigenvalue weighted by Crippen LogP contribution is -2.61. The molecule has 2 aliphatic rings. The predicted octanol–water partition coefficient (Wildman–Crippen LogP) is 17.2. The summed E-state index contributed by atoms with van der Waals surface area (Å²) in [6, 6.07) is 81.5. The number of rotatable bonds is 4. The van der Waals surface area contributed by atoms with Crippen molar-refractivity contribution in [2.75, 3.05) is 9.80 Å². The Morgan fingerprint density at radius 1 is 0.288 bits per heavy atom. The van der Waals surface area contributed by atoms with Gasteiger partial charge in [-0.2, -0.15) is 0 Å². The van der Waals surface area contributed by atoms with Gasteiger partial charge in [0, 0.05) is 99.2 Å². The average molecular weight is 949 g/mol. The molecule has 0 saturated carbocycles. The molecule has 7 heteroatoms. The van der Waals surface area contributed by atoms with Crippen LogP contribution in [0.1, 0.15) is 0 Å². The molecular formula is C66H37BN2O3S. The number of para-hydroxylation sites is 3. The monoisotopic (exact) mass is 948 g/mol. The van der Waals surface area contributed by atoms with E-state index in [1.807, 2.05) is 17.4 Å². The van der Waals surface area contributed by atoms with Crippen LogP contribution in [0.4, 0.5) is 34.1 Å². The van der Waals surface area contributed by atoms with Crippen molar-refractivity contribution in [3.8, 4) is 22.3 Å². The van der Waals surface area contributed by atoms with Crippen molar-refractivity contribution in [2.45, 2.75) is 0 Å². The number of furan rings is 3. The highest BCUT2D eigenvalue weighted by Gasteiger charge is 2.45. The van der Waals surface area contributed by atoms with Crippen LogP contribution in [0.3, 0.4) is 0 Å². The second-order valence-corrected chi connectivity index (χ2v) is 20.6. The molecule has 5 nitrogen and oxygen atoms in total. The third kappa shape index (κ3) is 5.51. The maximum absolute atomic E-state index is 6.81. The molecule has 11 aromatic carbocycles. The predicted molar refractivity (Wildman–Crippen MR) is 306 cm³/mol. The first-order valence-corrected chi connectivity index (χ1v) is 25.7. The molecule has 17 rings (SSSR count). The third-order valence-corrected chi connectivity index (χ3v) is 16.8. The zero-order chi connectivity index (χ0) is 47.5. The molecule has 0 aliphatic carbocycles. The van der Waals surface area contributed by atoms with E-state index in [-0.39, 0.29) is 6.71 Å². The summed E-state index contributed by atoms with van der Waals surface area (Å²) in [6.45, 7) is -0.157. The zero-order valence-corrected chi connectivity index (χ0v) is 39.8. The maximum Gasteiger partial charge on any atom is 0.252 e. The molecular weight excluding hydrogens is 912 g/mol. The van der Waals surface area contributed by atoms with Crippen LogP contribution in [0.5, 0.6) is 0 Å². The molecule has 0 atom stereocenters. The Kier molecular flexibility index (Phi) is 7.91. The standard InChI is InChI=1S/C66H37BN2O3S/c1-3-16-38(17-4-1)44-30-46-40-20-7-11-26-58(40)70-61(46)34-54(44)68-52-24-15-25-53-66(52)67(50-32-48-42-22-9-13-28-60(42)72-63(48)36-56(50)68)51-33-49-43-23-10-14-29-64(43)73-65(49)37-57(51)69(53)55-35-62-47(41-21-8-12-27-59(41)71-62)31-45(55)39-18-5-2-6-19-39/h1-37H. The lowest BCUT2D eigenvalue weighted by atomic mass is 9.33. The van der Waals surface area contributed by atoms with Crippen molar-refractivity contribution in [3.63, 3.8) is 0 Å². The van der Waals surface area contributed by atoms with Crippen molar-refractivity contribution in [1.29, 1.82) is 0 Å². The van der Waals surface area contributed by atoms with Crippen LogP contribution in [-0.4, -0.2) is 6.71 Å². The second-order valence-electron chi connectivity index (χ2n) is 19.5. The van der Waals surface area contributed by atoms with E-state index >= 15 is 0 Å². The van der Waals surface area contributed by atoms with Crippen molar-refractivity contribution in [1.82, 2.24) is 0 Å². The Morgan fingerprint density at radius 3 is 1.25 bits per heavy atom. The molecule has 0 fully saturated rings. The fourth-order valence-corrected chi connectivity index (χ4v) is 13.6. The molecule has 0 spiro atoms. The molecule has 338 valence electrons. The van der Waals surface area contributed by atoms with E-state index in [9.17, 15) is 0 Å². The molecule has 73 heavy (non-hydrogen) atoms. The summed E-state index contributed by atoms with van der Waals surface area (Å²) in [7, 11) is 0. The van der Waals surface area contributed by atoms with Crippen molar-refractivity contribution < 1.29 is 13.3 Å². The largest absolute Gasteiger partial charge is 0.456 e. The van der Waals surface area contributed by atoms with Gasteiger partial charge in [0.25, 0.3) is 6.71 Å². The molecule has 0 radical (unpaired) electrons. The van der Waals surface area contributed by atoms with Crippen LogP contribution in [0.15, 0.2) is 238 Å². The Bertz CT molecular complexity index is 4530. The van der Waals surface area contributed by atoms with Gasteiger partial charge in [-0.3, -0.25) is 0 Å². The van der Waals surface area contributed by atoms with Gasteiger partial charge in [-0.05, 0) is 87.5 Å². The van der Waals surface area contributed by atoms with Gasteiger partial charge >= 0.3 is 0 Å². The Morgan fingerprint density at radius 2 is 0.712 bits per heavy atom. The molecule has 0 saturated heterocycles. The summed E-state index contributed by atoms with van der Waals surface area (Å²) in [5.74, 6) is 0. The molecule has 4 aromatic heterocycles. The zero-order valence-electron chi connectivity index (χ0n) is 39.0. The van der Waals surface area contributed by atoms with Crippen molar-refractivity contribution in [3.05, 3.63) is 224 Å². The van der Waals surface area contributed by atoms with E-state index in [1.165, 1.54) is 36.6 Å². The minimum atomic E-state index is -0.157. The van der Waals surface area contributed by atoms with Crippen LogP contribution in [0.25, 0.3) is 108 Å². The summed E-state index contributed by atoms with van der Waals surface area (Å²) in [6.07, 6.45) is 0. The molecule has 2 aliphatic heterocycles. The van der Waals surface area contributed by atoms with Gasteiger partial charge < -0.3 is 23.1 Å². The number of fused-ring (bicyclic) bond motifs is 16. The second kappa shape index (κ2) is 14.6. The summed E-state index contributed by atoms with van der Waals surface area (Å²) < 4.78 is 22.9.